The second-order valence-corrected chi connectivity index (χ2v) is 6.59. The van der Waals surface area contributed by atoms with Crippen molar-refractivity contribution < 1.29 is 4.74 Å². The summed E-state index contributed by atoms with van der Waals surface area (Å²) in [7, 11) is 1.73. The standard InChI is InChI=1S/C18H28N2O/c1-14(16-5-9-18(21-2)10-6-16)20(17-7-8-17)13-15-4-3-11-19-12-15/h5-6,9-10,14-15,17,19H,3-4,7-8,11-13H2,1-2H3. The lowest BCUT2D eigenvalue weighted by molar-refractivity contribution is 0.154. The average molecular weight is 288 g/mol. The summed E-state index contributed by atoms with van der Waals surface area (Å²) in [6.07, 6.45) is 5.47. The maximum absolute atomic E-state index is 5.27. The third-order valence-electron chi connectivity index (χ3n) is 4.98. The van der Waals surface area contributed by atoms with Crippen LogP contribution in [0.2, 0.25) is 0 Å². The molecule has 116 valence electrons. The lowest BCUT2D eigenvalue weighted by atomic mass is 9.97. The van der Waals surface area contributed by atoms with Gasteiger partial charge in [0.1, 0.15) is 5.75 Å². The van der Waals surface area contributed by atoms with E-state index in [0.29, 0.717) is 6.04 Å². The monoisotopic (exact) mass is 288 g/mol. The van der Waals surface area contributed by atoms with Crippen molar-refractivity contribution in [3.63, 3.8) is 0 Å². The number of piperidine rings is 1. The first-order chi connectivity index (χ1) is 10.3. The summed E-state index contributed by atoms with van der Waals surface area (Å²) in [5.41, 5.74) is 1.41. The number of ether oxygens (including phenoxy) is 1. The third-order valence-corrected chi connectivity index (χ3v) is 4.98. The number of hydrogen-bond acceptors (Lipinski definition) is 3. The predicted octanol–water partition coefficient (Wildman–Crippen LogP) is 3.22. The van der Waals surface area contributed by atoms with Gasteiger partial charge in [0.05, 0.1) is 7.11 Å². The summed E-state index contributed by atoms with van der Waals surface area (Å²) in [5.74, 6) is 1.76. The highest BCUT2D eigenvalue weighted by molar-refractivity contribution is 5.29. The van der Waals surface area contributed by atoms with Crippen LogP contribution < -0.4 is 10.1 Å². The van der Waals surface area contributed by atoms with E-state index in [1.807, 2.05) is 0 Å². The average Bonchev–Trinajstić information content (AvgIpc) is 3.38. The van der Waals surface area contributed by atoms with Gasteiger partial charge in [-0.25, -0.2) is 0 Å². The molecule has 1 saturated carbocycles. The van der Waals surface area contributed by atoms with Crippen LogP contribution >= 0.6 is 0 Å². The quantitative estimate of drug-likeness (QED) is 0.870. The first-order valence-electron chi connectivity index (χ1n) is 8.38. The fraction of sp³-hybridized carbons (Fsp3) is 0.667. The molecule has 2 unspecified atom stereocenters. The SMILES string of the molecule is COc1ccc(C(C)N(CC2CCCNC2)C2CC2)cc1. The number of nitrogens with one attached hydrogen (secondary N) is 1. The second kappa shape index (κ2) is 6.80. The highest BCUT2D eigenvalue weighted by Gasteiger charge is 2.34. The highest BCUT2D eigenvalue weighted by atomic mass is 16.5. The summed E-state index contributed by atoms with van der Waals surface area (Å²) in [6.45, 7) is 5.99. The number of hydrogen-bond donors (Lipinski definition) is 1. The first kappa shape index (κ1) is 14.9. The van der Waals surface area contributed by atoms with E-state index in [1.54, 1.807) is 7.11 Å². The van der Waals surface area contributed by atoms with Gasteiger partial charge in [0.2, 0.25) is 0 Å². The van der Waals surface area contributed by atoms with E-state index in [1.165, 1.54) is 50.9 Å². The zero-order valence-electron chi connectivity index (χ0n) is 13.3. The van der Waals surface area contributed by atoms with Crippen molar-refractivity contribution in [3.05, 3.63) is 29.8 Å². The van der Waals surface area contributed by atoms with Crippen molar-refractivity contribution in [3.8, 4) is 5.75 Å². The van der Waals surface area contributed by atoms with Gasteiger partial charge < -0.3 is 10.1 Å². The maximum Gasteiger partial charge on any atom is 0.118 e. The van der Waals surface area contributed by atoms with Crippen molar-refractivity contribution in [1.29, 1.82) is 0 Å². The van der Waals surface area contributed by atoms with Gasteiger partial charge in [0.15, 0.2) is 0 Å². The predicted molar refractivity (Wildman–Crippen MR) is 86.7 cm³/mol. The molecule has 2 aliphatic rings. The molecule has 1 saturated heterocycles. The number of methoxy groups -OCH3 is 1. The van der Waals surface area contributed by atoms with Crippen molar-refractivity contribution in [1.82, 2.24) is 10.2 Å². The van der Waals surface area contributed by atoms with E-state index >= 15 is 0 Å². The molecule has 1 aromatic rings. The van der Waals surface area contributed by atoms with Crippen LogP contribution in [0.25, 0.3) is 0 Å². The van der Waals surface area contributed by atoms with Crippen molar-refractivity contribution in [2.45, 2.75) is 44.7 Å². The zero-order chi connectivity index (χ0) is 14.7. The second-order valence-electron chi connectivity index (χ2n) is 6.59. The highest BCUT2D eigenvalue weighted by Crippen LogP contribution is 2.35. The molecule has 1 aliphatic carbocycles. The molecule has 2 fully saturated rings. The Morgan fingerprint density at radius 1 is 1.24 bits per heavy atom. The van der Waals surface area contributed by atoms with Gasteiger partial charge in [-0.2, -0.15) is 0 Å². The molecule has 21 heavy (non-hydrogen) atoms. The Balaban J connectivity index is 1.66. The number of benzene rings is 1. The summed E-state index contributed by atoms with van der Waals surface area (Å²) in [5, 5.41) is 3.55. The van der Waals surface area contributed by atoms with Gasteiger partial charge in [-0.15, -0.1) is 0 Å². The Morgan fingerprint density at radius 2 is 2.00 bits per heavy atom. The Kier molecular flexibility index (Phi) is 4.81. The number of rotatable bonds is 6. The van der Waals surface area contributed by atoms with Crippen LogP contribution in [0.15, 0.2) is 24.3 Å². The molecule has 3 rings (SSSR count). The summed E-state index contributed by atoms with van der Waals surface area (Å²) >= 11 is 0. The normalized spacial score (nSPS) is 24.0. The maximum atomic E-state index is 5.27. The molecule has 0 bridgehead atoms. The summed E-state index contributed by atoms with van der Waals surface area (Å²) < 4.78 is 5.27. The molecule has 0 amide bonds. The Bertz CT molecular complexity index is 435. The molecule has 0 spiro atoms. The van der Waals surface area contributed by atoms with Crippen LogP contribution in [-0.2, 0) is 0 Å². The van der Waals surface area contributed by atoms with Gasteiger partial charge in [-0.05, 0) is 69.3 Å². The van der Waals surface area contributed by atoms with Crippen LogP contribution in [0.4, 0.5) is 0 Å². The molecular weight excluding hydrogens is 260 g/mol. The van der Waals surface area contributed by atoms with Crippen LogP contribution in [0.3, 0.4) is 0 Å². The van der Waals surface area contributed by atoms with E-state index in [4.69, 9.17) is 4.74 Å². The molecule has 1 N–H and O–H groups in total. The van der Waals surface area contributed by atoms with Gasteiger partial charge in [0, 0.05) is 18.6 Å². The molecule has 3 heteroatoms. The molecule has 2 atom stereocenters. The lowest BCUT2D eigenvalue weighted by Crippen LogP contribution is -2.40. The molecule has 1 aliphatic heterocycles. The fourth-order valence-corrected chi connectivity index (χ4v) is 3.48. The van der Waals surface area contributed by atoms with Crippen LogP contribution in [0.1, 0.15) is 44.2 Å². The summed E-state index contributed by atoms with van der Waals surface area (Å²) in [6, 6.07) is 9.92. The third kappa shape index (κ3) is 3.78. The van der Waals surface area contributed by atoms with Gasteiger partial charge in [0.25, 0.3) is 0 Å². The Labute approximate surface area is 128 Å². The van der Waals surface area contributed by atoms with Gasteiger partial charge in [-0.1, -0.05) is 12.1 Å². The smallest absolute Gasteiger partial charge is 0.118 e. The minimum atomic E-state index is 0.505. The van der Waals surface area contributed by atoms with Crippen molar-refractivity contribution in [2.75, 3.05) is 26.7 Å². The van der Waals surface area contributed by atoms with E-state index in [-0.39, 0.29) is 0 Å². The van der Waals surface area contributed by atoms with E-state index in [0.717, 1.165) is 17.7 Å². The van der Waals surface area contributed by atoms with E-state index in [2.05, 4.69) is 41.4 Å². The van der Waals surface area contributed by atoms with Crippen molar-refractivity contribution in [2.24, 2.45) is 5.92 Å². The van der Waals surface area contributed by atoms with Crippen LogP contribution in [-0.4, -0.2) is 37.7 Å². The molecule has 1 aromatic carbocycles. The lowest BCUT2D eigenvalue weighted by Gasteiger charge is -2.34. The Hall–Kier alpha value is -1.06. The van der Waals surface area contributed by atoms with Gasteiger partial charge in [-0.3, -0.25) is 4.90 Å². The number of nitrogens with zero attached hydrogens (tertiary/aromatic N) is 1. The Morgan fingerprint density at radius 3 is 2.57 bits per heavy atom. The molecule has 3 nitrogen and oxygen atoms in total. The summed E-state index contributed by atoms with van der Waals surface area (Å²) in [4.78, 5) is 2.74. The van der Waals surface area contributed by atoms with E-state index < -0.39 is 0 Å². The topological polar surface area (TPSA) is 24.5 Å². The van der Waals surface area contributed by atoms with Crippen LogP contribution in [0.5, 0.6) is 5.75 Å². The molecular formula is C18H28N2O. The van der Waals surface area contributed by atoms with Crippen LogP contribution in [0, 0.1) is 5.92 Å². The van der Waals surface area contributed by atoms with Gasteiger partial charge >= 0.3 is 0 Å². The first-order valence-corrected chi connectivity index (χ1v) is 8.38. The van der Waals surface area contributed by atoms with Crippen molar-refractivity contribution >= 4 is 0 Å². The largest absolute Gasteiger partial charge is 0.497 e. The molecule has 1 heterocycles. The molecule has 0 radical (unpaired) electrons. The minimum Gasteiger partial charge on any atom is -0.497 e. The molecule has 0 aromatic heterocycles. The minimum absolute atomic E-state index is 0.505. The fourth-order valence-electron chi connectivity index (χ4n) is 3.48. The zero-order valence-corrected chi connectivity index (χ0v) is 13.3. The van der Waals surface area contributed by atoms with E-state index in [9.17, 15) is 0 Å².